The first-order valence-corrected chi connectivity index (χ1v) is 10.5. The monoisotopic (exact) mass is 369 g/mol. The van der Waals surface area contributed by atoms with Crippen molar-refractivity contribution in [3.63, 3.8) is 0 Å². The third kappa shape index (κ3) is 3.09. The van der Waals surface area contributed by atoms with Crippen LogP contribution in [0.15, 0.2) is 0 Å². The fourth-order valence-corrected chi connectivity index (χ4v) is 4.94. The third-order valence-corrected chi connectivity index (χ3v) is 6.58. The highest BCUT2D eigenvalue weighted by atomic mass is 32.1. The van der Waals surface area contributed by atoms with E-state index in [0.717, 1.165) is 55.9 Å². The first-order valence-electron chi connectivity index (χ1n) is 9.68. The molecule has 0 atom stereocenters. The summed E-state index contributed by atoms with van der Waals surface area (Å²) in [5, 5.41) is 7.59. The Hall–Kier alpha value is -2.02. The number of nitrogens with zero attached hydrogens (tertiary/aromatic N) is 3. The summed E-state index contributed by atoms with van der Waals surface area (Å²) in [5.41, 5.74) is 2.86. The molecule has 136 valence electrons. The highest BCUT2D eigenvalue weighted by Gasteiger charge is 2.31. The van der Waals surface area contributed by atoms with Gasteiger partial charge in [-0.1, -0.05) is 0 Å². The first-order chi connectivity index (χ1) is 12.8. The number of aryl methyl sites for hydroxylation is 2. The summed E-state index contributed by atoms with van der Waals surface area (Å²) in [6, 6.07) is 0. The molecular formula is C19H23N5OS. The lowest BCUT2D eigenvalue weighted by atomic mass is 10.0. The lowest BCUT2D eigenvalue weighted by Crippen LogP contribution is -2.34. The molecule has 2 aliphatic carbocycles. The van der Waals surface area contributed by atoms with E-state index in [2.05, 4.69) is 15.6 Å². The van der Waals surface area contributed by atoms with Crippen LogP contribution in [0.25, 0.3) is 0 Å². The minimum absolute atomic E-state index is 0.0637. The molecule has 2 aromatic rings. The molecule has 7 heteroatoms. The summed E-state index contributed by atoms with van der Waals surface area (Å²) in [6.07, 6.45) is 8.86. The Labute approximate surface area is 156 Å². The van der Waals surface area contributed by atoms with Gasteiger partial charge in [0.2, 0.25) is 0 Å². The molecule has 0 radical (unpaired) electrons. The number of hydrogen-bond acceptors (Lipinski definition) is 6. The minimum atomic E-state index is -0.0637. The summed E-state index contributed by atoms with van der Waals surface area (Å²) >= 11 is 1.87. The average molecular weight is 369 g/mol. The van der Waals surface area contributed by atoms with Crippen molar-refractivity contribution in [2.24, 2.45) is 0 Å². The summed E-state index contributed by atoms with van der Waals surface area (Å²) in [4.78, 5) is 27.8. The number of fused-ring (bicyclic) bond motifs is 2. The van der Waals surface area contributed by atoms with Gasteiger partial charge in [-0.3, -0.25) is 4.79 Å². The molecule has 26 heavy (non-hydrogen) atoms. The van der Waals surface area contributed by atoms with E-state index in [-0.39, 0.29) is 5.91 Å². The molecule has 0 unspecified atom stereocenters. The summed E-state index contributed by atoms with van der Waals surface area (Å²) in [5.74, 6) is 2.05. The second-order valence-corrected chi connectivity index (χ2v) is 8.57. The summed E-state index contributed by atoms with van der Waals surface area (Å²) < 4.78 is 0. The zero-order chi connectivity index (χ0) is 17.5. The number of amides is 1. The van der Waals surface area contributed by atoms with Gasteiger partial charge in [0.1, 0.15) is 17.3 Å². The molecule has 0 bridgehead atoms. The van der Waals surface area contributed by atoms with Crippen LogP contribution >= 0.6 is 11.3 Å². The van der Waals surface area contributed by atoms with E-state index in [1.54, 1.807) is 0 Å². The van der Waals surface area contributed by atoms with Gasteiger partial charge in [-0.15, -0.1) is 11.3 Å². The Morgan fingerprint density at radius 2 is 2.00 bits per heavy atom. The third-order valence-electron chi connectivity index (χ3n) is 5.36. The second kappa shape index (κ2) is 6.61. The van der Waals surface area contributed by atoms with Crippen LogP contribution in [-0.2, 0) is 25.7 Å². The Kier molecular flexibility index (Phi) is 4.11. The number of carbonyl (C=O) groups is 1. The predicted octanol–water partition coefficient (Wildman–Crippen LogP) is 2.63. The van der Waals surface area contributed by atoms with Gasteiger partial charge in [-0.2, -0.15) is 0 Å². The number of thiazole rings is 1. The maximum Gasteiger partial charge on any atom is 0.270 e. The Morgan fingerprint density at radius 3 is 2.85 bits per heavy atom. The van der Waals surface area contributed by atoms with Gasteiger partial charge in [-0.05, 0) is 44.9 Å². The highest BCUT2D eigenvalue weighted by molar-refractivity contribution is 7.11. The number of rotatable bonds is 5. The molecule has 3 aliphatic rings. The van der Waals surface area contributed by atoms with Crippen molar-refractivity contribution < 1.29 is 4.79 Å². The summed E-state index contributed by atoms with van der Waals surface area (Å²) in [6.45, 7) is 1.45. The van der Waals surface area contributed by atoms with Crippen LogP contribution in [0, 0.1) is 0 Å². The van der Waals surface area contributed by atoms with Gasteiger partial charge >= 0.3 is 0 Å². The average Bonchev–Trinajstić information content (AvgIpc) is 3.42. The molecule has 1 fully saturated rings. The number of aromatic nitrogens is 3. The van der Waals surface area contributed by atoms with Crippen LogP contribution in [-0.4, -0.2) is 33.9 Å². The summed E-state index contributed by atoms with van der Waals surface area (Å²) in [7, 11) is 0. The lowest BCUT2D eigenvalue weighted by molar-refractivity contribution is 0.0940. The molecule has 6 nitrogen and oxygen atoms in total. The quantitative estimate of drug-likeness (QED) is 0.847. The lowest BCUT2D eigenvalue weighted by Gasteiger charge is -2.20. The maximum atomic E-state index is 12.2. The number of carbonyl (C=O) groups excluding carboxylic acids is 1. The SMILES string of the molecule is O=C1NCCc2c(NCCc3nc4c(s3)CCCC4)nc(C3CC3)nc21. The predicted molar refractivity (Wildman–Crippen MR) is 101 cm³/mol. The van der Waals surface area contributed by atoms with Gasteiger partial charge in [0.25, 0.3) is 5.91 Å². The van der Waals surface area contributed by atoms with Crippen molar-refractivity contribution in [1.29, 1.82) is 0 Å². The Morgan fingerprint density at radius 1 is 1.12 bits per heavy atom. The van der Waals surface area contributed by atoms with Gasteiger partial charge in [0, 0.05) is 35.9 Å². The molecule has 0 aromatic carbocycles. The van der Waals surface area contributed by atoms with E-state index in [9.17, 15) is 4.79 Å². The smallest absolute Gasteiger partial charge is 0.270 e. The van der Waals surface area contributed by atoms with Crippen molar-refractivity contribution in [2.75, 3.05) is 18.4 Å². The van der Waals surface area contributed by atoms with E-state index >= 15 is 0 Å². The van der Waals surface area contributed by atoms with Crippen molar-refractivity contribution >= 4 is 23.1 Å². The highest BCUT2D eigenvalue weighted by Crippen LogP contribution is 2.39. The van der Waals surface area contributed by atoms with Crippen LogP contribution in [0.4, 0.5) is 5.82 Å². The van der Waals surface area contributed by atoms with E-state index in [4.69, 9.17) is 9.97 Å². The first kappa shape index (κ1) is 16.2. The Bertz CT molecular complexity index is 834. The van der Waals surface area contributed by atoms with Crippen LogP contribution in [0.1, 0.15) is 69.1 Å². The van der Waals surface area contributed by atoms with Crippen LogP contribution in [0.5, 0.6) is 0 Å². The molecule has 1 aliphatic heterocycles. The molecule has 1 amide bonds. The minimum Gasteiger partial charge on any atom is -0.369 e. The van der Waals surface area contributed by atoms with Crippen LogP contribution in [0.3, 0.4) is 0 Å². The molecule has 3 heterocycles. The van der Waals surface area contributed by atoms with Crippen LogP contribution < -0.4 is 10.6 Å². The van der Waals surface area contributed by atoms with Crippen molar-refractivity contribution in [3.8, 4) is 0 Å². The molecule has 5 rings (SSSR count). The van der Waals surface area contributed by atoms with Gasteiger partial charge in [-0.25, -0.2) is 15.0 Å². The second-order valence-electron chi connectivity index (χ2n) is 7.40. The zero-order valence-electron chi connectivity index (χ0n) is 14.8. The van der Waals surface area contributed by atoms with Crippen LogP contribution in [0.2, 0.25) is 0 Å². The van der Waals surface area contributed by atoms with E-state index in [1.165, 1.54) is 34.8 Å². The molecule has 2 N–H and O–H groups in total. The number of anilines is 1. The van der Waals surface area contributed by atoms with Gasteiger partial charge in [0.15, 0.2) is 0 Å². The van der Waals surface area contributed by atoms with Crippen molar-refractivity contribution in [1.82, 2.24) is 20.3 Å². The molecule has 0 saturated heterocycles. The fourth-order valence-electron chi connectivity index (χ4n) is 3.78. The van der Waals surface area contributed by atoms with Gasteiger partial charge in [0.05, 0.1) is 10.7 Å². The standard InChI is InChI=1S/C19H23N5OS/c25-19-16-12(7-9-21-19)18(24-17(23-16)11-5-6-11)20-10-8-15-22-13-3-1-2-4-14(13)26-15/h11H,1-10H2,(H,21,25)(H,20,23,24). The van der Waals surface area contributed by atoms with Crippen molar-refractivity contribution in [3.05, 3.63) is 32.7 Å². The van der Waals surface area contributed by atoms with Crippen molar-refractivity contribution in [2.45, 2.75) is 57.3 Å². The van der Waals surface area contributed by atoms with Gasteiger partial charge < -0.3 is 10.6 Å². The number of hydrogen-bond donors (Lipinski definition) is 2. The largest absolute Gasteiger partial charge is 0.369 e. The maximum absolute atomic E-state index is 12.2. The number of nitrogens with one attached hydrogen (secondary N) is 2. The molecule has 2 aromatic heterocycles. The fraction of sp³-hybridized carbons (Fsp3) is 0.579. The van der Waals surface area contributed by atoms with E-state index in [1.807, 2.05) is 11.3 Å². The van der Waals surface area contributed by atoms with E-state index in [0.29, 0.717) is 18.2 Å². The molecular weight excluding hydrogens is 346 g/mol. The Balaban J connectivity index is 1.33. The zero-order valence-corrected chi connectivity index (χ0v) is 15.6. The molecule has 0 spiro atoms. The normalized spacial score (nSPS) is 18.8. The molecule has 1 saturated carbocycles. The van der Waals surface area contributed by atoms with E-state index < -0.39 is 0 Å². The topological polar surface area (TPSA) is 79.8 Å².